The SMILES string of the molecule is CCOC(=O)c1ccsc1NC(=O)CC(N)C1CC1. The molecule has 1 unspecified atom stereocenters. The number of thiophene rings is 1. The summed E-state index contributed by atoms with van der Waals surface area (Å²) < 4.78 is 4.93. The highest BCUT2D eigenvalue weighted by molar-refractivity contribution is 7.14. The maximum Gasteiger partial charge on any atom is 0.341 e. The third kappa shape index (κ3) is 3.78. The monoisotopic (exact) mass is 282 g/mol. The average Bonchev–Trinajstić information content (AvgIpc) is 3.11. The van der Waals surface area contributed by atoms with Crippen molar-refractivity contribution in [2.24, 2.45) is 11.7 Å². The van der Waals surface area contributed by atoms with E-state index in [-0.39, 0.29) is 11.9 Å². The van der Waals surface area contributed by atoms with Gasteiger partial charge in [0.25, 0.3) is 0 Å². The lowest BCUT2D eigenvalue weighted by molar-refractivity contribution is -0.116. The molecule has 0 aromatic carbocycles. The molecule has 1 aliphatic carbocycles. The number of esters is 1. The van der Waals surface area contributed by atoms with Crippen LogP contribution in [0.5, 0.6) is 0 Å². The number of hydrogen-bond acceptors (Lipinski definition) is 5. The lowest BCUT2D eigenvalue weighted by Gasteiger charge is -2.10. The summed E-state index contributed by atoms with van der Waals surface area (Å²) in [5, 5.41) is 5.03. The van der Waals surface area contributed by atoms with Crippen molar-refractivity contribution in [3.63, 3.8) is 0 Å². The number of amides is 1. The van der Waals surface area contributed by atoms with Crippen LogP contribution in [0, 0.1) is 5.92 Å². The number of carbonyl (C=O) groups is 2. The predicted octanol–water partition coefficient (Wildman–Crippen LogP) is 1.99. The van der Waals surface area contributed by atoms with Gasteiger partial charge in [0, 0.05) is 12.5 Å². The lowest BCUT2D eigenvalue weighted by Crippen LogP contribution is -2.29. The van der Waals surface area contributed by atoms with Gasteiger partial charge in [0.1, 0.15) is 5.00 Å². The summed E-state index contributed by atoms with van der Waals surface area (Å²) in [6, 6.07) is 1.57. The first-order chi connectivity index (χ1) is 9.11. The fourth-order valence-corrected chi connectivity index (χ4v) is 2.65. The number of hydrogen-bond donors (Lipinski definition) is 2. The molecule has 5 nitrogen and oxygen atoms in total. The third-order valence-corrected chi connectivity index (χ3v) is 3.89. The molecule has 0 bridgehead atoms. The molecular formula is C13H18N2O3S. The molecule has 1 aromatic rings. The van der Waals surface area contributed by atoms with Crippen molar-refractivity contribution >= 4 is 28.2 Å². The van der Waals surface area contributed by atoms with Gasteiger partial charge in [0.2, 0.25) is 5.91 Å². The fraction of sp³-hybridized carbons (Fsp3) is 0.538. The van der Waals surface area contributed by atoms with Gasteiger partial charge in [-0.2, -0.15) is 0 Å². The van der Waals surface area contributed by atoms with Crippen LogP contribution >= 0.6 is 11.3 Å². The number of nitrogens with two attached hydrogens (primary N) is 1. The normalized spacial score (nSPS) is 15.9. The number of carbonyl (C=O) groups excluding carboxylic acids is 2. The zero-order valence-corrected chi connectivity index (χ0v) is 11.7. The van der Waals surface area contributed by atoms with E-state index >= 15 is 0 Å². The molecule has 0 spiro atoms. The molecule has 6 heteroatoms. The van der Waals surface area contributed by atoms with Crippen molar-refractivity contribution < 1.29 is 14.3 Å². The molecule has 2 rings (SSSR count). The first kappa shape index (κ1) is 14.0. The van der Waals surface area contributed by atoms with E-state index in [4.69, 9.17) is 10.5 Å². The van der Waals surface area contributed by atoms with Crippen LogP contribution in [0.15, 0.2) is 11.4 Å². The molecule has 19 heavy (non-hydrogen) atoms. The van der Waals surface area contributed by atoms with Crippen LogP contribution in [0.3, 0.4) is 0 Å². The summed E-state index contributed by atoms with van der Waals surface area (Å²) in [5.74, 6) is -0.0726. The second kappa shape index (κ2) is 6.16. The zero-order chi connectivity index (χ0) is 13.8. The molecule has 1 aromatic heterocycles. The second-order valence-corrected chi connectivity index (χ2v) is 5.55. The first-order valence-corrected chi connectivity index (χ1v) is 7.29. The Morgan fingerprint density at radius 2 is 2.32 bits per heavy atom. The number of ether oxygens (including phenoxy) is 1. The number of rotatable bonds is 6. The highest BCUT2D eigenvalue weighted by Crippen LogP contribution is 2.33. The molecule has 0 saturated heterocycles. The highest BCUT2D eigenvalue weighted by atomic mass is 32.1. The van der Waals surface area contributed by atoms with Crippen LogP contribution in [0.2, 0.25) is 0 Å². The summed E-state index contributed by atoms with van der Waals surface area (Å²) in [7, 11) is 0. The van der Waals surface area contributed by atoms with Gasteiger partial charge in [-0.1, -0.05) is 0 Å². The van der Waals surface area contributed by atoms with Crippen molar-refractivity contribution in [2.45, 2.75) is 32.2 Å². The molecule has 1 amide bonds. The predicted molar refractivity (Wildman–Crippen MR) is 74.2 cm³/mol. The van der Waals surface area contributed by atoms with E-state index in [1.54, 1.807) is 18.4 Å². The van der Waals surface area contributed by atoms with Gasteiger partial charge in [-0.15, -0.1) is 11.3 Å². The van der Waals surface area contributed by atoms with Crippen molar-refractivity contribution in [3.8, 4) is 0 Å². The minimum absolute atomic E-state index is 0.0778. The van der Waals surface area contributed by atoms with Crippen LogP contribution in [0.1, 0.15) is 36.5 Å². The van der Waals surface area contributed by atoms with Crippen molar-refractivity contribution in [2.75, 3.05) is 11.9 Å². The van der Waals surface area contributed by atoms with Crippen molar-refractivity contribution in [1.82, 2.24) is 0 Å². The molecule has 3 N–H and O–H groups in total. The Labute approximate surface area is 116 Å². The quantitative estimate of drug-likeness (QED) is 0.782. The van der Waals surface area contributed by atoms with E-state index < -0.39 is 5.97 Å². The summed E-state index contributed by atoms with van der Waals surface area (Å²) in [4.78, 5) is 23.5. The summed E-state index contributed by atoms with van der Waals surface area (Å²) in [5.41, 5.74) is 6.31. The summed E-state index contributed by atoms with van der Waals surface area (Å²) in [6.07, 6.45) is 2.52. The second-order valence-electron chi connectivity index (χ2n) is 4.64. The van der Waals surface area contributed by atoms with Gasteiger partial charge < -0.3 is 15.8 Å². The summed E-state index contributed by atoms with van der Waals surface area (Å²) >= 11 is 1.31. The van der Waals surface area contributed by atoms with E-state index in [1.165, 1.54) is 11.3 Å². The number of anilines is 1. The van der Waals surface area contributed by atoms with Gasteiger partial charge in [-0.3, -0.25) is 4.79 Å². The van der Waals surface area contributed by atoms with Crippen LogP contribution in [0.25, 0.3) is 0 Å². The van der Waals surface area contributed by atoms with E-state index in [2.05, 4.69) is 5.32 Å². The summed E-state index contributed by atoms with van der Waals surface area (Å²) in [6.45, 7) is 2.06. The molecule has 1 fully saturated rings. The number of nitrogens with one attached hydrogen (secondary N) is 1. The minimum Gasteiger partial charge on any atom is -0.462 e. The Bertz CT molecular complexity index is 468. The van der Waals surface area contributed by atoms with Crippen LogP contribution < -0.4 is 11.1 Å². The molecule has 1 saturated carbocycles. The topological polar surface area (TPSA) is 81.4 Å². The third-order valence-electron chi connectivity index (χ3n) is 3.06. The highest BCUT2D eigenvalue weighted by Gasteiger charge is 2.30. The van der Waals surface area contributed by atoms with Gasteiger partial charge in [0.05, 0.1) is 12.2 Å². The molecule has 0 radical (unpaired) electrons. The minimum atomic E-state index is -0.412. The molecule has 1 atom stereocenters. The van der Waals surface area contributed by atoms with Crippen LogP contribution in [0.4, 0.5) is 5.00 Å². The Morgan fingerprint density at radius 3 is 2.95 bits per heavy atom. The van der Waals surface area contributed by atoms with Crippen LogP contribution in [-0.4, -0.2) is 24.5 Å². The van der Waals surface area contributed by atoms with Gasteiger partial charge in [-0.25, -0.2) is 4.79 Å². The molecular weight excluding hydrogens is 264 g/mol. The lowest BCUT2D eigenvalue weighted by atomic mass is 10.1. The average molecular weight is 282 g/mol. The maximum absolute atomic E-state index is 11.8. The standard InChI is InChI=1S/C13H18N2O3S/c1-2-18-13(17)9-5-6-19-12(9)15-11(16)7-10(14)8-3-4-8/h5-6,8,10H,2-4,7,14H2,1H3,(H,15,16). The van der Waals surface area contributed by atoms with Crippen LogP contribution in [-0.2, 0) is 9.53 Å². The van der Waals surface area contributed by atoms with E-state index in [0.29, 0.717) is 29.5 Å². The fourth-order valence-electron chi connectivity index (χ4n) is 1.86. The van der Waals surface area contributed by atoms with E-state index in [0.717, 1.165) is 12.8 Å². The van der Waals surface area contributed by atoms with Crippen molar-refractivity contribution in [3.05, 3.63) is 17.0 Å². The Balaban J connectivity index is 1.92. The van der Waals surface area contributed by atoms with Gasteiger partial charge >= 0.3 is 5.97 Å². The van der Waals surface area contributed by atoms with E-state index in [1.807, 2.05) is 0 Å². The largest absolute Gasteiger partial charge is 0.462 e. The Morgan fingerprint density at radius 1 is 1.58 bits per heavy atom. The Hall–Kier alpha value is -1.40. The van der Waals surface area contributed by atoms with E-state index in [9.17, 15) is 9.59 Å². The molecule has 1 aliphatic rings. The van der Waals surface area contributed by atoms with Crippen molar-refractivity contribution in [1.29, 1.82) is 0 Å². The molecule has 104 valence electrons. The Kier molecular flexibility index (Phi) is 4.55. The van der Waals surface area contributed by atoms with Gasteiger partial charge in [-0.05, 0) is 37.1 Å². The molecule has 0 aliphatic heterocycles. The zero-order valence-electron chi connectivity index (χ0n) is 10.8. The maximum atomic E-state index is 11.8. The molecule has 1 heterocycles. The first-order valence-electron chi connectivity index (χ1n) is 6.41. The smallest absolute Gasteiger partial charge is 0.341 e. The van der Waals surface area contributed by atoms with Gasteiger partial charge in [0.15, 0.2) is 0 Å².